The zero-order valence-corrected chi connectivity index (χ0v) is 7.61. The Kier molecular flexibility index (Phi) is 6.48. The summed E-state index contributed by atoms with van der Waals surface area (Å²) in [6.07, 6.45) is 3.38. The van der Waals surface area contributed by atoms with E-state index in [1.54, 1.807) is 0 Å². The highest BCUT2D eigenvalue weighted by Gasteiger charge is 1.89. The molecular weight excluding hydrogens is 179 g/mol. The fraction of sp³-hybridized carbons (Fsp3) is 0.333. The van der Waals surface area contributed by atoms with Crippen LogP contribution < -0.4 is 0 Å². The van der Waals surface area contributed by atoms with Gasteiger partial charge >= 0.3 is 0 Å². The van der Waals surface area contributed by atoms with Gasteiger partial charge < -0.3 is 4.74 Å². The molecule has 0 unspecified atom stereocenters. The SMILES string of the molecule is C=C(F)/C=C\C(=C)OCCCCl. The molecule has 0 aromatic carbocycles. The Balaban J connectivity index is 3.53. The number of rotatable bonds is 6. The first-order valence-electron chi connectivity index (χ1n) is 3.57. The van der Waals surface area contributed by atoms with Gasteiger partial charge in [-0.05, 0) is 18.6 Å². The summed E-state index contributed by atoms with van der Waals surface area (Å²) in [5, 5.41) is 0. The predicted octanol–water partition coefficient (Wildman–Crippen LogP) is 3.19. The van der Waals surface area contributed by atoms with E-state index in [1.807, 2.05) is 0 Å². The van der Waals surface area contributed by atoms with Crippen LogP contribution in [0.15, 0.2) is 36.9 Å². The molecule has 0 heterocycles. The molecule has 0 aliphatic heterocycles. The van der Waals surface area contributed by atoms with Crippen LogP contribution in [0.5, 0.6) is 0 Å². The number of allylic oxidation sites excluding steroid dienone is 3. The maximum atomic E-state index is 12.1. The van der Waals surface area contributed by atoms with Crippen molar-refractivity contribution in [3.63, 3.8) is 0 Å². The maximum absolute atomic E-state index is 12.1. The Bertz CT molecular complexity index is 187. The number of halogens is 2. The van der Waals surface area contributed by atoms with Crippen LogP contribution in [0.3, 0.4) is 0 Å². The zero-order valence-electron chi connectivity index (χ0n) is 6.85. The molecule has 0 saturated heterocycles. The average Bonchev–Trinajstić information content (AvgIpc) is 2.01. The van der Waals surface area contributed by atoms with Crippen molar-refractivity contribution in [2.75, 3.05) is 12.5 Å². The van der Waals surface area contributed by atoms with Crippen LogP contribution in [0.25, 0.3) is 0 Å². The Labute approximate surface area is 77.2 Å². The summed E-state index contributed by atoms with van der Waals surface area (Å²) in [4.78, 5) is 0. The molecule has 0 aliphatic carbocycles. The largest absolute Gasteiger partial charge is 0.494 e. The fourth-order valence-electron chi connectivity index (χ4n) is 0.489. The summed E-state index contributed by atoms with van der Waals surface area (Å²) in [5.41, 5.74) is 0. The molecule has 0 rings (SSSR count). The van der Waals surface area contributed by atoms with Crippen LogP contribution in [0, 0.1) is 0 Å². The fourth-order valence-corrected chi connectivity index (χ4v) is 0.598. The molecule has 0 bridgehead atoms. The summed E-state index contributed by atoms with van der Waals surface area (Å²) in [5.74, 6) is 0.448. The topological polar surface area (TPSA) is 9.23 Å². The Morgan fingerprint density at radius 1 is 1.42 bits per heavy atom. The lowest BCUT2D eigenvalue weighted by molar-refractivity contribution is 0.227. The van der Waals surface area contributed by atoms with Gasteiger partial charge in [-0.25, -0.2) is 4.39 Å². The van der Waals surface area contributed by atoms with Gasteiger partial charge in [0.05, 0.1) is 6.61 Å². The maximum Gasteiger partial charge on any atom is 0.116 e. The van der Waals surface area contributed by atoms with Crippen LogP contribution in [0.1, 0.15) is 6.42 Å². The number of hydrogen-bond donors (Lipinski definition) is 0. The molecule has 0 atom stereocenters. The van der Waals surface area contributed by atoms with Gasteiger partial charge in [0, 0.05) is 5.88 Å². The molecule has 1 nitrogen and oxygen atoms in total. The van der Waals surface area contributed by atoms with Gasteiger partial charge in [0.25, 0.3) is 0 Å². The molecule has 12 heavy (non-hydrogen) atoms. The molecule has 0 fully saturated rings. The van der Waals surface area contributed by atoms with Crippen molar-refractivity contribution in [2.45, 2.75) is 6.42 Å². The first kappa shape index (κ1) is 11.2. The van der Waals surface area contributed by atoms with Gasteiger partial charge in [-0.2, -0.15) is 0 Å². The van der Waals surface area contributed by atoms with E-state index in [1.165, 1.54) is 12.2 Å². The highest BCUT2D eigenvalue weighted by molar-refractivity contribution is 6.17. The van der Waals surface area contributed by atoms with E-state index in [9.17, 15) is 4.39 Å². The molecule has 0 amide bonds. The van der Waals surface area contributed by atoms with Crippen LogP contribution >= 0.6 is 11.6 Å². The van der Waals surface area contributed by atoms with Gasteiger partial charge in [-0.3, -0.25) is 0 Å². The quantitative estimate of drug-likeness (QED) is 0.271. The molecule has 0 saturated carbocycles. The first-order valence-corrected chi connectivity index (χ1v) is 4.10. The minimum absolute atomic E-state index is 0.416. The molecule has 68 valence electrons. The summed E-state index contributed by atoms with van der Waals surface area (Å²) in [7, 11) is 0. The predicted molar refractivity (Wildman–Crippen MR) is 49.8 cm³/mol. The van der Waals surface area contributed by atoms with E-state index in [0.29, 0.717) is 18.2 Å². The molecule has 3 heteroatoms. The van der Waals surface area contributed by atoms with Crippen molar-refractivity contribution < 1.29 is 9.13 Å². The normalized spacial score (nSPS) is 10.2. The van der Waals surface area contributed by atoms with E-state index in [-0.39, 0.29) is 0 Å². The second-order valence-electron chi connectivity index (χ2n) is 2.14. The molecule has 0 aromatic heterocycles. The lowest BCUT2D eigenvalue weighted by atomic mass is 10.4. The number of alkyl halides is 1. The van der Waals surface area contributed by atoms with Gasteiger partial charge in [-0.15, -0.1) is 11.6 Å². The Hall–Kier alpha value is -0.760. The minimum atomic E-state index is -0.517. The van der Waals surface area contributed by atoms with Crippen molar-refractivity contribution in [3.8, 4) is 0 Å². The van der Waals surface area contributed by atoms with Gasteiger partial charge in [0.1, 0.15) is 11.6 Å². The first-order chi connectivity index (χ1) is 5.66. The van der Waals surface area contributed by atoms with Crippen molar-refractivity contribution in [2.24, 2.45) is 0 Å². The second kappa shape index (κ2) is 6.92. The highest BCUT2D eigenvalue weighted by Crippen LogP contribution is 2.01. The van der Waals surface area contributed by atoms with E-state index >= 15 is 0 Å². The zero-order chi connectivity index (χ0) is 9.40. The van der Waals surface area contributed by atoms with Crippen molar-refractivity contribution in [1.29, 1.82) is 0 Å². The molecule has 0 spiro atoms. The Morgan fingerprint density at radius 3 is 2.58 bits per heavy atom. The van der Waals surface area contributed by atoms with E-state index in [4.69, 9.17) is 16.3 Å². The van der Waals surface area contributed by atoms with Crippen LogP contribution in [0.2, 0.25) is 0 Å². The smallest absolute Gasteiger partial charge is 0.116 e. The lowest BCUT2D eigenvalue weighted by Gasteiger charge is -2.02. The third kappa shape index (κ3) is 7.35. The van der Waals surface area contributed by atoms with Crippen LogP contribution in [0.4, 0.5) is 4.39 Å². The Morgan fingerprint density at radius 2 is 2.08 bits per heavy atom. The molecule has 0 aliphatic rings. The second-order valence-corrected chi connectivity index (χ2v) is 2.52. The number of hydrogen-bond acceptors (Lipinski definition) is 1. The standard InChI is InChI=1S/C9H12ClFO/c1-8(11)4-5-9(2)12-7-3-6-10/h4-5H,1-3,6-7H2/b5-4-. The summed E-state index contributed by atoms with van der Waals surface area (Å²) >= 11 is 5.41. The third-order valence-electron chi connectivity index (χ3n) is 1.02. The minimum Gasteiger partial charge on any atom is -0.494 e. The van der Waals surface area contributed by atoms with E-state index in [2.05, 4.69) is 13.2 Å². The highest BCUT2D eigenvalue weighted by atomic mass is 35.5. The van der Waals surface area contributed by atoms with Gasteiger partial charge in [-0.1, -0.05) is 13.2 Å². The molecule has 0 N–H and O–H groups in total. The van der Waals surface area contributed by atoms with Crippen molar-refractivity contribution >= 4 is 11.6 Å². The molecule has 0 aromatic rings. The average molecular weight is 191 g/mol. The third-order valence-corrected chi connectivity index (χ3v) is 1.28. The summed E-state index contributed by atoms with van der Waals surface area (Å²) < 4.78 is 17.1. The lowest BCUT2D eigenvalue weighted by Crippen LogP contribution is -1.92. The van der Waals surface area contributed by atoms with Crippen molar-refractivity contribution in [3.05, 3.63) is 36.9 Å². The van der Waals surface area contributed by atoms with E-state index in [0.717, 1.165) is 6.42 Å². The van der Waals surface area contributed by atoms with Crippen LogP contribution in [-0.4, -0.2) is 12.5 Å². The summed E-state index contributed by atoms with van der Waals surface area (Å²) in [6.45, 7) is 7.10. The number of ether oxygens (including phenoxy) is 1. The van der Waals surface area contributed by atoms with Gasteiger partial charge in [0.2, 0.25) is 0 Å². The van der Waals surface area contributed by atoms with Gasteiger partial charge in [0.15, 0.2) is 0 Å². The monoisotopic (exact) mass is 190 g/mol. The molecular formula is C9H12ClFO. The molecule has 0 radical (unpaired) electrons. The van der Waals surface area contributed by atoms with Crippen LogP contribution in [-0.2, 0) is 4.74 Å². The summed E-state index contributed by atoms with van der Waals surface area (Å²) in [6, 6.07) is 0. The van der Waals surface area contributed by atoms with Crippen molar-refractivity contribution in [1.82, 2.24) is 0 Å². The van der Waals surface area contributed by atoms with E-state index < -0.39 is 5.83 Å².